The highest BCUT2D eigenvalue weighted by molar-refractivity contribution is 5.60. The molecule has 23 heavy (non-hydrogen) atoms. The van der Waals surface area contributed by atoms with Gasteiger partial charge in [0.15, 0.2) is 0 Å². The van der Waals surface area contributed by atoms with Crippen molar-refractivity contribution in [2.45, 2.75) is 38.6 Å². The van der Waals surface area contributed by atoms with Crippen LogP contribution in [0.1, 0.15) is 50.0 Å². The van der Waals surface area contributed by atoms with E-state index in [1.165, 1.54) is 6.07 Å². The van der Waals surface area contributed by atoms with E-state index in [0.717, 1.165) is 31.8 Å². The number of nitriles is 1. The fourth-order valence-electron chi connectivity index (χ4n) is 3.21. The van der Waals surface area contributed by atoms with Crippen LogP contribution in [0.15, 0.2) is 24.5 Å². The molecular weight excluding hydrogens is 293 g/mol. The highest BCUT2D eigenvalue weighted by atomic mass is 19.1. The second-order valence-corrected chi connectivity index (χ2v) is 6.20. The molecular formula is C17H20FN5. The Morgan fingerprint density at radius 1 is 1.30 bits per heavy atom. The lowest BCUT2D eigenvalue weighted by Gasteiger charge is -2.34. The monoisotopic (exact) mass is 313 g/mol. The summed E-state index contributed by atoms with van der Waals surface area (Å²) in [5, 5.41) is 17.5. The topological polar surface area (TPSA) is 57.7 Å². The van der Waals surface area contributed by atoms with Crippen molar-refractivity contribution >= 4 is 5.69 Å². The van der Waals surface area contributed by atoms with E-state index in [2.05, 4.69) is 33.5 Å². The molecule has 0 saturated carbocycles. The van der Waals surface area contributed by atoms with Crippen molar-refractivity contribution in [3.8, 4) is 6.07 Å². The second kappa shape index (κ2) is 6.37. The van der Waals surface area contributed by atoms with E-state index >= 15 is 0 Å². The largest absolute Gasteiger partial charge is 0.370 e. The average Bonchev–Trinajstić information content (AvgIpc) is 3.04. The fraction of sp³-hybridized carbons (Fsp3) is 0.471. The summed E-state index contributed by atoms with van der Waals surface area (Å²) < 4.78 is 15.9. The van der Waals surface area contributed by atoms with Gasteiger partial charge in [-0.3, -0.25) is 0 Å². The zero-order valence-corrected chi connectivity index (χ0v) is 13.4. The first-order chi connectivity index (χ1) is 11.1. The smallest absolute Gasteiger partial charge is 0.143 e. The fourth-order valence-corrected chi connectivity index (χ4v) is 3.21. The third-order valence-electron chi connectivity index (χ3n) is 4.46. The van der Waals surface area contributed by atoms with Crippen LogP contribution in [0, 0.1) is 17.1 Å². The molecule has 0 amide bonds. The summed E-state index contributed by atoms with van der Waals surface area (Å²) >= 11 is 0. The van der Waals surface area contributed by atoms with Crippen LogP contribution < -0.4 is 4.90 Å². The zero-order valence-electron chi connectivity index (χ0n) is 13.4. The van der Waals surface area contributed by atoms with Crippen molar-refractivity contribution in [2.75, 3.05) is 18.0 Å². The number of nitrogens with zero attached hydrogens (tertiary/aromatic N) is 5. The van der Waals surface area contributed by atoms with Gasteiger partial charge >= 0.3 is 0 Å². The molecule has 2 heterocycles. The van der Waals surface area contributed by atoms with Crippen LogP contribution in [0.3, 0.4) is 0 Å². The molecule has 1 aromatic carbocycles. The number of aromatic nitrogens is 3. The van der Waals surface area contributed by atoms with Gasteiger partial charge in [0.25, 0.3) is 0 Å². The van der Waals surface area contributed by atoms with Crippen LogP contribution in [0.5, 0.6) is 0 Å². The maximum absolute atomic E-state index is 13.8. The highest BCUT2D eigenvalue weighted by Crippen LogP contribution is 2.32. The minimum atomic E-state index is -0.452. The molecule has 0 spiro atoms. The van der Waals surface area contributed by atoms with E-state index in [1.807, 2.05) is 12.1 Å². The molecule has 0 atom stereocenters. The molecule has 2 aromatic rings. The van der Waals surface area contributed by atoms with E-state index in [4.69, 9.17) is 0 Å². The van der Waals surface area contributed by atoms with Crippen LogP contribution in [-0.4, -0.2) is 27.9 Å². The number of rotatable bonds is 3. The van der Waals surface area contributed by atoms with Crippen LogP contribution in [-0.2, 0) is 0 Å². The molecule has 1 aliphatic heterocycles. The summed E-state index contributed by atoms with van der Waals surface area (Å²) in [6.07, 6.45) is 3.63. The second-order valence-electron chi connectivity index (χ2n) is 6.20. The predicted molar refractivity (Wildman–Crippen MR) is 85.7 cm³/mol. The van der Waals surface area contributed by atoms with Crippen LogP contribution in [0.2, 0.25) is 0 Å². The van der Waals surface area contributed by atoms with Crippen molar-refractivity contribution in [3.63, 3.8) is 0 Å². The Hall–Kier alpha value is -2.42. The van der Waals surface area contributed by atoms with E-state index in [1.54, 1.807) is 12.4 Å². The molecule has 120 valence electrons. The first kappa shape index (κ1) is 15.5. The van der Waals surface area contributed by atoms with E-state index < -0.39 is 5.82 Å². The average molecular weight is 313 g/mol. The molecule has 0 aliphatic carbocycles. The number of hydrogen-bond acceptors (Lipinski definition) is 4. The lowest BCUT2D eigenvalue weighted by Crippen LogP contribution is -2.34. The Kier molecular flexibility index (Phi) is 4.28. The number of anilines is 1. The van der Waals surface area contributed by atoms with E-state index in [9.17, 15) is 9.65 Å². The highest BCUT2D eigenvalue weighted by Gasteiger charge is 2.26. The van der Waals surface area contributed by atoms with Crippen LogP contribution >= 0.6 is 0 Å². The Bertz CT molecular complexity index is 723. The molecule has 0 bridgehead atoms. The maximum Gasteiger partial charge on any atom is 0.143 e. The minimum Gasteiger partial charge on any atom is -0.370 e. The van der Waals surface area contributed by atoms with Gasteiger partial charge < -0.3 is 9.47 Å². The number of halogens is 1. The Morgan fingerprint density at radius 2 is 2.04 bits per heavy atom. The van der Waals surface area contributed by atoms with Crippen molar-refractivity contribution in [3.05, 3.63) is 41.7 Å². The van der Waals surface area contributed by atoms with Crippen LogP contribution in [0.25, 0.3) is 0 Å². The molecule has 0 N–H and O–H groups in total. The van der Waals surface area contributed by atoms with Gasteiger partial charge in [0, 0.05) is 25.0 Å². The maximum atomic E-state index is 13.8. The molecule has 3 rings (SSSR count). The van der Waals surface area contributed by atoms with E-state index in [-0.39, 0.29) is 5.56 Å². The summed E-state index contributed by atoms with van der Waals surface area (Å²) in [6, 6.07) is 7.13. The number of piperidine rings is 1. The van der Waals surface area contributed by atoms with Gasteiger partial charge in [0.05, 0.1) is 5.69 Å². The summed E-state index contributed by atoms with van der Waals surface area (Å²) in [4.78, 5) is 2.09. The zero-order chi connectivity index (χ0) is 16.4. The minimum absolute atomic E-state index is 0.135. The molecule has 1 aromatic heterocycles. The van der Waals surface area contributed by atoms with Crippen molar-refractivity contribution in [2.24, 2.45) is 0 Å². The molecule has 1 saturated heterocycles. The van der Waals surface area contributed by atoms with Gasteiger partial charge in [0.2, 0.25) is 0 Å². The molecule has 0 unspecified atom stereocenters. The quantitative estimate of drug-likeness (QED) is 0.873. The summed E-state index contributed by atoms with van der Waals surface area (Å²) in [7, 11) is 0. The van der Waals surface area contributed by atoms with Gasteiger partial charge in [-0.1, -0.05) is 6.07 Å². The van der Waals surface area contributed by atoms with Gasteiger partial charge in [0.1, 0.15) is 29.6 Å². The summed E-state index contributed by atoms with van der Waals surface area (Å²) in [6.45, 7) is 5.81. The predicted octanol–water partition coefficient (Wildman–Crippen LogP) is 3.25. The molecule has 1 aliphatic rings. The standard InChI is InChI=1S/C17H20FN5/c1-12(2)23-11-20-21-17(23)13-6-8-22(9-7-13)16-5-3-4-15(18)14(16)10-19/h3-5,11-13H,6-9H2,1-2H3. The van der Waals surface area contributed by atoms with Crippen molar-refractivity contribution in [1.82, 2.24) is 14.8 Å². The molecule has 0 radical (unpaired) electrons. The first-order valence-electron chi connectivity index (χ1n) is 7.94. The first-order valence-corrected chi connectivity index (χ1v) is 7.94. The van der Waals surface area contributed by atoms with Crippen LogP contribution in [0.4, 0.5) is 10.1 Å². The molecule has 5 nitrogen and oxygen atoms in total. The van der Waals surface area contributed by atoms with Crippen molar-refractivity contribution < 1.29 is 4.39 Å². The Morgan fingerprint density at radius 3 is 2.70 bits per heavy atom. The normalized spacial score (nSPS) is 15.9. The summed E-state index contributed by atoms with van der Waals surface area (Å²) in [5.41, 5.74) is 0.826. The van der Waals surface area contributed by atoms with Gasteiger partial charge in [-0.05, 0) is 38.8 Å². The number of benzene rings is 1. The molecule has 1 fully saturated rings. The third kappa shape index (κ3) is 2.91. The molecule has 6 heteroatoms. The summed E-state index contributed by atoms with van der Waals surface area (Å²) in [5.74, 6) is 0.932. The van der Waals surface area contributed by atoms with Gasteiger partial charge in [-0.15, -0.1) is 10.2 Å². The van der Waals surface area contributed by atoms with Crippen molar-refractivity contribution in [1.29, 1.82) is 5.26 Å². The Labute approximate surface area is 135 Å². The number of hydrogen-bond donors (Lipinski definition) is 0. The lowest BCUT2D eigenvalue weighted by molar-refractivity contribution is 0.448. The third-order valence-corrected chi connectivity index (χ3v) is 4.46. The van der Waals surface area contributed by atoms with E-state index in [0.29, 0.717) is 17.6 Å². The van der Waals surface area contributed by atoms with Gasteiger partial charge in [-0.2, -0.15) is 5.26 Å². The lowest BCUT2D eigenvalue weighted by atomic mass is 9.94. The van der Waals surface area contributed by atoms with Gasteiger partial charge in [-0.25, -0.2) is 4.39 Å². The Balaban J connectivity index is 1.76. The SMILES string of the molecule is CC(C)n1cnnc1C1CCN(c2cccc(F)c2C#N)CC1.